The van der Waals surface area contributed by atoms with Gasteiger partial charge in [-0.3, -0.25) is 0 Å². The summed E-state index contributed by atoms with van der Waals surface area (Å²) in [4.78, 5) is 5.51. The van der Waals surface area contributed by atoms with Gasteiger partial charge in [0.2, 0.25) is 0 Å². The van der Waals surface area contributed by atoms with Crippen LogP contribution in [0.2, 0.25) is 0 Å². The first kappa shape index (κ1) is 14.9. The smallest absolute Gasteiger partial charge is 0.0784 e. The molecule has 0 aliphatic carbocycles. The number of likely N-dealkylation sites (tertiary alicyclic amines) is 1. The van der Waals surface area contributed by atoms with Gasteiger partial charge in [-0.25, -0.2) is 0 Å². The monoisotopic (exact) mass is 257 g/mol. The maximum absolute atomic E-state index is 5.76. The molecule has 0 aromatic rings. The Kier molecular flexibility index (Phi) is 4.93. The second-order valence-electron chi connectivity index (χ2n) is 6.27. The van der Waals surface area contributed by atoms with Crippen molar-refractivity contribution in [3.05, 3.63) is 0 Å². The number of nitrogens with zero attached hydrogens (tertiary/aromatic N) is 2. The van der Waals surface area contributed by atoms with Crippen molar-refractivity contribution in [3.63, 3.8) is 0 Å². The number of likely N-dealkylation sites (N-methyl/N-ethyl adjacent to an activating group) is 1. The molecular formula is C13H27N3S. The summed E-state index contributed by atoms with van der Waals surface area (Å²) < 4.78 is 0. The second kappa shape index (κ2) is 5.63. The summed E-state index contributed by atoms with van der Waals surface area (Å²) in [6, 6.07) is 0.683. The van der Waals surface area contributed by atoms with Crippen molar-refractivity contribution in [1.82, 2.24) is 9.80 Å². The predicted molar refractivity (Wildman–Crippen MR) is 78.3 cm³/mol. The van der Waals surface area contributed by atoms with Gasteiger partial charge in [0.25, 0.3) is 0 Å². The highest BCUT2D eigenvalue weighted by Gasteiger charge is 2.32. The van der Waals surface area contributed by atoms with Crippen molar-refractivity contribution in [2.75, 3.05) is 33.7 Å². The number of thiocarbonyl (C=S) groups is 1. The van der Waals surface area contributed by atoms with Crippen LogP contribution < -0.4 is 5.73 Å². The molecule has 2 unspecified atom stereocenters. The fourth-order valence-electron chi connectivity index (χ4n) is 2.46. The van der Waals surface area contributed by atoms with Crippen LogP contribution >= 0.6 is 12.2 Å². The molecule has 100 valence electrons. The summed E-state index contributed by atoms with van der Waals surface area (Å²) >= 11 is 5.11. The molecule has 0 spiro atoms. The first-order valence-corrected chi connectivity index (χ1v) is 6.83. The first-order chi connectivity index (χ1) is 7.74. The number of nitrogens with two attached hydrogens (primary N) is 1. The summed E-state index contributed by atoms with van der Waals surface area (Å²) in [5.41, 5.74) is 5.74. The molecule has 0 bridgehead atoms. The van der Waals surface area contributed by atoms with Crippen LogP contribution in [0.5, 0.6) is 0 Å². The molecule has 1 aliphatic rings. The lowest BCUT2D eigenvalue weighted by molar-refractivity contribution is 0.244. The Bertz CT molecular complexity index is 276. The van der Waals surface area contributed by atoms with E-state index >= 15 is 0 Å². The zero-order chi connectivity index (χ0) is 13.2. The molecule has 4 heteroatoms. The van der Waals surface area contributed by atoms with E-state index in [1.807, 2.05) is 0 Å². The summed E-state index contributed by atoms with van der Waals surface area (Å²) in [5.74, 6) is 0.748. The summed E-state index contributed by atoms with van der Waals surface area (Å²) in [5, 5.41) is 0. The number of hydrogen-bond acceptors (Lipinski definition) is 3. The molecule has 1 aliphatic heterocycles. The summed E-state index contributed by atoms with van der Waals surface area (Å²) in [7, 11) is 4.34. The normalized spacial score (nSPS) is 26.7. The molecule has 2 N–H and O–H groups in total. The molecule has 0 aromatic heterocycles. The minimum Gasteiger partial charge on any atom is -0.393 e. The third-order valence-corrected chi connectivity index (χ3v) is 4.58. The van der Waals surface area contributed by atoms with Crippen molar-refractivity contribution in [2.45, 2.75) is 33.2 Å². The van der Waals surface area contributed by atoms with E-state index in [4.69, 9.17) is 18.0 Å². The van der Waals surface area contributed by atoms with E-state index in [0.717, 1.165) is 18.9 Å². The largest absolute Gasteiger partial charge is 0.393 e. The molecule has 17 heavy (non-hydrogen) atoms. The van der Waals surface area contributed by atoms with E-state index in [1.165, 1.54) is 13.1 Å². The summed E-state index contributed by atoms with van der Waals surface area (Å²) in [6.07, 6.45) is 1.05. The lowest BCUT2D eigenvalue weighted by Crippen LogP contribution is -2.36. The van der Waals surface area contributed by atoms with Gasteiger partial charge in [-0.1, -0.05) is 33.0 Å². The molecule has 0 radical (unpaired) electrons. The molecule has 1 saturated heterocycles. The Morgan fingerprint density at radius 3 is 2.41 bits per heavy atom. The van der Waals surface area contributed by atoms with Gasteiger partial charge in [-0.05, 0) is 33.0 Å². The average molecular weight is 257 g/mol. The highest BCUT2D eigenvalue weighted by atomic mass is 32.1. The minimum absolute atomic E-state index is 0.0191. The van der Waals surface area contributed by atoms with Crippen molar-refractivity contribution in [1.29, 1.82) is 0 Å². The Hall–Kier alpha value is -0.190. The highest BCUT2D eigenvalue weighted by Crippen LogP contribution is 2.25. The quantitative estimate of drug-likeness (QED) is 0.758. The average Bonchev–Trinajstić information content (AvgIpc) is 2.57. The van der Waals surface area contributed by atoms with Gasteiger partial charge in [0.05, 0.1) is 4.99 Å². The van der Waals surface area contributed by atoms with Gasteiger partial charge in [0.15, 0.2) is 0 Å². The van der Waals surface area contributed by atoms with Gasteiger partial charge >= 0.3 is 0 Å². The van der Waals surface area contributed by atoms with Crippen LogP contribution in [0.3, 0.4) is 0 Å². The fourth-order valence-corrected chi connectivity index (χ4v) is 2.57. The SMILES string of the molecule is CC1CN(CCC(C)(C)C(N)=S)CC1N(C)C. The van der Waals surface area contributed by atoms with Crippen molar-refractivity contribution in [2.24, 2.45) is 17.1 Å². The van der Waals surface area contributed by atoms with Gasteiger partial charge < -0.3 is 15.5 Å². The van der Waals surface area contributed by atoms with Crippen LogP contribution in [0.25, 0.3) is 0 Å². The second-order valence-corrected chi connectivity index (χ2v) is 6.71. The predicted octanol–water partition coefficient (Wildman–Crippen LogP) is 1.57. The van der Waals surface area contributed by atoms with Crippen LogP contribution in [0.1, 0.15) is 27.2 Å². The van der Waals surface area contributed by atoms with Gasteiger partial charge in [0.1, 0.15) is 0 Å². The van der Waals surface area contributed by atoms with Crippen LogP contribution in [0, 0.1) is 11.3 Å². The number of rotatable bonds is 5. The molecule has 1 fully saturated rings. The van der Waals surface area contributed by atoms with Crippen LogP contribution in [0.15, 0.2) is 0 Å². The zero-order valence-electron chi connectivity index (χ0n) is 11.9. The lowest BCUT2D eigenvalue weighted by Gasteiger charge is -2.26. The van der Waals surface area contributed by atoms with E-state index in [2.05, 4.69) is 44.7 Å². The van der Waals surface area contributed by atoms with E-state index in [0.29, 0.717) is 11.0 Å². The molecule has 0 aromatic carbocycles. The highest BCUT2D eigenvalue weighted by molar-refractivity contribution is 7.80. The number of hydrogen-bond donors (Lipinski definition) is 1. The third kappa shape index (κ3) is 3.90. The van der Waals surface area contributed by atoms with Crippen molar-refractivity contribution < 1.29 is 0 Å². The Balaban J connectivity index is 2.43. The van der Waals surface area contributed by atoms with Gasteiger partial charge in [-0.2, -0.15) is 0 Å². The van der Waals surface area contributed by atoms with Crippen molar-refractivity contribution in [3.8, 4) is 0 Å². The van der Waals surface area contributed by atoms with Gasteiger partial charge in [0, 0.05) is 24.5 Å². The minimum atomic E-state index is -0.0191. The van der Waals surface area contributed by atoms with E-state index in [-0.39, 0.29) is 5.41 Å². The van der Waals surface area contributed by atoms with Crippen LogP contribution in [-0.4, -0.2) is 54.6 Å². The third-order valence-electron chi connectivity index (χ3n) is 4.03. The van der Waals surface area contributed by atoms with E-state index in [1.54, 1.807) is 0 Å². The Labute approximate surface area is 111 Å². The molecular weight excluding hydrogens is 230 g/mol. The molecule has 0 amide bonds. The summed E-state index contributed by atoms with van der Waals surface area (Å²) in [6.45, 7) is 10.1. The lowest BCUT2D eigenvalue weighted by atomic mass is 9.89. The zero-order valence-corrected chi connectivity index (χ0v) is 12.7. The molecule has 3 nitrogen and oxygen atoms in total. The fraction of sp³-hybridized carbons (Fsp3) is 0.923. The maximum Gasteiger partial charge on any atom is 0.0784 e. The Morgan fingerprint density at radius 2 is 2.00 bits per heavy atom. The van der Waals surface area contributed by atoms with Crippen molar-refractivity contribution >= 4 is 17.2 Å². The van der Waals surface area contributed by atoms with Gasteiger partial charge in [-0.15, -0.1) is 0 Å². The Morgan fingerprint density at radius 1 is 1.41 bits per heavy atom. The van der Waals surface area contributed by atoms with E-state index in [9.17, 15) is 0 Å². The van der Waals surface area contributed by atoms with E-state index < -0.39 is 0 Å². The maximum atomic E-state index is 5.76. The first-order valence-electron chi connectivity index (χ1n) is 6.42. The van der Waals surface area contributed by atoms with Crippen LogP contribution in [0.4, 0.5) is 0 Å². The topological polar surface area (TPSA) is 32.5 Å². The molecule has 0 saturated carbocycles. The molecule has 1 heterocycles. The molecule has 2 atom stereocenters. The van der Waals surface area contributed by atoms with Crippen LogP contribution in [-0.2, 0) is 0 Å². The standard InChI is InChI=1S/C13H27N3S/c1-10-8-16(9-11(10)15(4)5)7-6-13(2,3)12(14)17/h10-11H,6-9H2,1-5H3,(H2,14,17). The molecule has 1 rings (SSSR count).